The Hall–Kier alpha value is -0.970. The summed E-state index contributed by atoms with van der Waals surface area (Å²) in [6.07, 6.45) is 0. The molecular formula is C14H22FN3. The predicted molar refractivity (Wildman–Crippen MR) is 71.9 cm³/mol. The fourth-order valence-electron chi connectivity index (χ4n) is 2.48. The van der Waals surface area contributed by atoms with Crippen LogP contribution in [0.5, 0.6) is 0 Å². The number of halogens is 1. The Bertz CT molecular complexity index is 398. The molecule has 0 bridgehead atoms. The Labute approximate surface area is 108 Å². The largest absolute Gasteiger partial charge is 0.320 e. The molecule has 3 nitrogen and oxygen atoms in total. The molecule has 1 fully saturated rings. The summed E-state index contributed by atoms with van der Waals surface area (Å²) in [5, 5.41) is 0. The topological polar surface area (TPSA) is 32.5 Å². The smallest absolute Gasteiger partial charge is 0.128 e. The summed E-state index contributed by atoms with van der Waals surface area (Å²) in [4.78, 5) is 4.61. The van der Waals surface area contributed by atoms with E-state index in [1.54, 1.807) is 12.1 Å². The van der Waals surface area contributed by atoms with Crippen molar-refractivity contribution in [3.63, 3.8) is 0 Å². The van der Waals surface area contributed by atoms with Gasteiger partial charge in [0.15, 0.2) is 0 Å². The zero-order chi connectivity index (χ0) is 13.2. The average molecular weight is 251 g/mol. The van der Waals surface area contributed by atoms with Gasteiger partial charge in [0, 0.05) is 38.3 Å². The normalized spacial score (nSPS) is 21.8. The number of hydrogen-bond donors (Lipinski definition) is 1. The molecule has 2 N–H and O–H groups in total. The molecule has 1 aliphatic rings. The van der Waals surface area contributed by atoms with Crippen molar-refractivity contribution in [1.29, 1.82) is 0 Å². The van der Waals surface area contributed by atoms with Gasteiger partial charge in [-0.3, -0.25) is 4.90 Å². The van der Waals surface area contributed by atoms with E-state index in [1.165, 1.54) is 6.07 Å². The van der Waals surface area contributed by atoms with Crippen molar-refractivity contribution >= 4 is 0 Å². The van der Waals surface area contributed by atoms with E-state index >= 15 is 0 Å². The number of nitrogens with two attached hydrogens (primary N) is 1. The van der Waals surface area contributed by atoms with Gasteiger partial charge in [0.1, 0.15) is 5.82 Å². The first-order valence-corrected chi connectivity index (χ1v) is 6.44. The minimum Gasteiger partial charge on any atom is -0.320 e. The first kappa shape index (κ1) is 13.5. The molecule has 0 spiro atoms. The Morgan fingerprint density at radius 3 is 2.44 bits per heavy atom. The van der Waals surface area contributed by atoms with Gasteiger partial charge in [-0.2, -0.15) is 0 Å². The van der Waals surface area contributed by atoms with Gasteiger partial charge in [-0.25, -0.2) is 4.39 Å². The van der Waals surface area contributed by atoms with Crippen LogP contribution in [0.15, 0.2) is 24.3 Å². The number of likely N-dealkylation sites (N-methyl/N-ethyl adjacent to an activating group) is 1. The maximum atomic E-state index is 13.8. The third kappa shape index (κ3) is 3.07. The van der Waals surface area contributed by atoms with Gasteiger partial charge >= 0.3 is 0 Å². The molecule has 1 aromatic carbocycles. The maximum absolute atomic E-state index is 13.8. The van der Waals surface area contributed by atoms with Gasteiger partial charge in [0.2, 0.25) is 0 Å². The number of nitrogens with zero attached hydrogens (tertiary/aromatic N) is 2. The third-order valence-electron chi connectivity index (χ3n) is 3.64. The monoisotopic (exact) mass is 251 g/mol. The predicted octanol–water partition coefficient (Wildman–Crippen LogP) is 1.25. The molecule has 1 unspecified atom stereocenters. The van der Waals surface area contributed by atoms with E-state index in [4.69, 9.17) is 5.73 Å². The second-order valence-corrected chi connectivity index (χ2v) is 5.48. The van der Waals surface area contributed by atoms with Crippen LogP contribution in [-0.4, -0.2) is 49.6 Å². The zero-order valence-electron chi connectivity index (χ0n) is 11.2. The summed E-state index contributed by atoms with van der Waals surface area (Å²) in [6, 6.07) is 6.80. The molecule has 2 rings (SSSR count). The van der Waals surface area contributed by atoms with Crippen molar-refractivity contribution in [2.24, 2.45) is 5.73 Å². The minimum absolute atomic E-state index is 0.211. The molecule has 4 heteroatoms. The van der Waals surface area contributed by atoms with E-state index in [1.807, 2.05) is 13.0 Å². The van der Waals surface area contributed by atoms with Crippen LogP contribution >= 0.6 is 0 Å². The van der Waals surface area contributed by atoms with Gasteiger partial charge in [-0.15, -0.1) is 0 Å². The van der Waals surface area contributed by atoms with Gasteiger partial charge < -0.3 is 10.6 Å². The van der Waals surface area contributed by atoms with Crippen LogP contribution < -0.4 is 5.73 Å². The summed E-state index contributed by atoms with van der Waals surface area (Å²) >= 11 is 0. The van der Waals surface area contributed by atoms with Crippen LogP contribution in [0.4, 0.5) is 4.39 Å². The molecule has 0 aromatic heterocycles. The van der Waals surface area contributed by atoms with Crippen LogP contribution in [0.3, 0.4) is 0 Å². The summed E-state index contributed by atoms with van der Waals surface area (Å²) in [7, 11) is 2.12. The molecule has 18 heavy (non-hydrogen) atoms. The molecule has 1 atom stereocenters. The highest BCUT2D eigenvalue weighted by atomic mass is 19.1. The summed E-state index contributed by atoms with van der Waals surface area (Å²) in [6.45, 7) is 6.70. The van der Waals surface area contributed by atoms with Crippen LogP contribution in [0, 0.1) is 5.82 Å². The van der Waals surface area contributed by atoms with Gasteiger partial charge in [-0.05, 0) is 20.0 Å². The third-order valence-corrected chi connectivity index (χ3v) is 3.64. The van der Waals surface area contributed by atoms with Crippen LogP contribution in [0.2, 0.25) is 0 Å². The Morgan fingerprint density at radius 1 is 1.22 bits per heavy atom. The van der Waals surface area contributed by atoms with E-state index < -0.39 is 5.54 Å². The molecule has 0 aliphatic carbocycles. The van der Waals surface area contributed by atoms with E-state index in [0.29, 0.717) is 12.1 Å². The Kier molecular flexibility index (Phi) is 4.00. The molecule has 0 amide bonds. The van der Waals surface area contributed by atoms with Gasteiger partial charge in [0.05, 0.1) is 5.54 Å². The zero-order valence-corrected chi connectivity index (χ0v) is 11.2. The molecule has 1 heterocycles. The highest BCUT2D eigenvalue weighted by Crippen LogP contribution is 2.22. The van der Waals surface area contributed by atoms with Crippen molar-refractivity contribution in [2.75, 3.05) is 39.8 Å². The van der Waals surface area contributed by atoms with Gasteiger partial charge in [0.25, 0.3) is 0 Å². The molecule has 1 aliphatic heterocycles. The number of rotatable bonds is 3. The lowest BCUT2D eigenvalue weighted by Gasteiger charge is -2.37. The number of benzene rings is 1. The summed E-state index contributed by atoms with van der Waals surface area (Å²) in [5.41, 5.74) is 6.27. The lowest BCUT2D eigenvalue weighted by molar-refractivity contribution is 0.129. The number of piperazine rings is 1. The minimum atomic E-state index is -0.638. The summed E-state index contributed by atoms with van der Waals surface area (Å²) in [5.74, 6) is -0.211. The van der Waals surface area contributed by atoms with Crippen molar-refractivity contribution < 1.29 is 4.39 Å². The Morgan fingerprint density at radius 2 is 1.83 bits per heavy atom. The van der Waals surface area contributed by atoms with E-state index in [2.05, 4.69) is 16.8 Å². The second kappa shape index (κ2) is 5.34. The fraction of sp³-hybridized carbons (Fsp3) is 0.571. The maximum Gasteiger partial charge on any atom is 0.128 e. The fourth-order valence-corrected chi connectivity index (χ4v) is 2.48. The lowest BCUT2D eigenvalue weighted by Crippen LogP contribution is -2.52. The lowest BCUT2D eigenvalue weighted by atomic mass is 9.92. The number of hydrogen-bond acceptors (Lipinski definition) is 3. The summed E-state index contributed by atoms with van der Waals surface area (Å²) < 4.78 is 13.8. The SMILES string of the molecule is CN1CCN(CC(C)(N)c2ccccc2F)CC1. The average Bonchev–Trinajstić information content (AvgIpc) is 2.32. The van der Waals surface area contributed by atoms with Crippen LogP contribution in [-0.2, 0) is 5.54 Å². The van der Waals surface area contributed by atoms with E-state index in [-0.39, 0.29) is 5.82 Å². The van der Waals surface area contributed by atoms with E-state index in [0.717, 1.165) is 26.2 Å². The highest BCUT2D eigenvalue weighted by Gasteiger charge is 2.28. The first-order chi connectivity index (χ1) is 8.49. The molecule has 100 valence electrons. The van der Waals surface area contributed by atoms with Crippen molar-refractivity contribution in [1.82, 2.24) is 9.80 Å². The quantitative estimate of drug-likeness (QED) is 0.877. The molecule has 1 saturated heterocycles. The van der Waals surface area contributed by atoms with Gasteiger partial charge in [-0.1, -0.05) is 18.2 Å². The van der Waals surface area contributed by atoms with Crippen LogP contribution in [0.25, 0.3) is 0 Å². The highest BCUT2D eigenvalue weighted by molar-refractivity contribution is 5.25. The van der Waals surface area contributed by atoms with Crippen molar-refractivity contribution in [3.8, 4) is 0 Å². The standard InChI is InChI=1S/C14H22FN3/c1-14(16,12-5-3-4-6-13(12)15)11-18-9-7-17(2)8-10-18/h3-6H,7-11,16H2,1-2H3. The van der Waals surface area contributed by atoms with Crippen LogP contribution in [0.1, 0.15) is 12.5 Å². The Balaban J connectivity index is 2.05. The van der Waals surface area contributed by atoms with Crippen molar-refractivity contribution in [3.05, 3.63) is 35.6 Å². The van der Waals surface area contributed by atoms with Crippen molar-refractivity contribution in [2.45, 2.75) is 12.5 Å². The molecule has 1 aromatic rings. The first-order valence-electron chi connectivity index (χ1n) is 6.44. The second-order valence-electron chi connectivity index (χ2n) is 5.48. The molecule has 0 radical (unpaired) electrons. The van der Waals surface area contributed by atoms with E-state index in [9.17, 15) is 4.39 Å². The molecule has 0 saturated carbocycles. The molecular weight excluding hydrogens is 229 g/mol.